The molecular formula is C11H4Cl2F2OS. The fourth-order valence-corrected chi connectivity index (χ4v) is 2.78. The third-order valence-corrected chi connectivity index (χ3v) is 3.59. The Kier molecular flexibility index (Phi) is 3.47. The van der Waals surface area contributed by atoms with Gasteiger partial charge in [0.15, 0.2) is 17.4 Å². The molecule has 0 fully saturated rings. The summed E-state index contributed by atoms with van der Waals surface area (Å²) < 4.78 is 26.9. The summed E-state index contributed by atoms with van der Waals surface area (Å²) in [6.45, 7) is 0. The van der Waals surface area contributed by atoms with Gasteiger partial charge >= 0.3 is 0 Å². The Labute approximate surface area is 110 Å². The zero-order valence-electron chi connectivity index (χ0n) is 8.14. The Hall–Kier alpha value is -0.970. The van der Waals surface area contributed by atoms with Crippen molar-refractivity contribution in [2.24, 2.45) is 0 Å². The second-order valence-corrected chi connectivity index (χ2v) is 5.45. The molecule has 0 aliphatic carbocycles. The summed E-state index contributed by atoms with van der Waals surface area (Å²) in [4.78, 5) is 11.9. The van der Waals surface area contributed by atoms with Crippen molar-refractivity contribution in [3.8, 4) is 0 Å². The molecule has 0 amide bonds. The van der Waals surface area contributed by atoms with E-state index in [9.17, 15) is 13.6 Å². The maximum atomic E-state index is 13.4. The maximum absolute atomic E-state index is 13.4. The van der Waals surface area contributed by atoms with Gasteiger partial charge in [0, 0.05) is 0 Å². The number of rotatable bonds is 2. The molecule has 0 saturated heterocycles. The predicted octanol–water partition coefficient (Wildman–Crippen LogP) is 4.56. The van der Waals surface area contributed by atoms with Crippen molar-refractivity contribution in [2.45, 2.75) is 0 Å². The van der Waals surface area contributed by atoms with Gasteiger partial charge in [-0.1, -0.05) is 29.3 Å². The number of hydrogen-bond acceptors (Lipinski definition) is 2. The first kappa shape index (κ1) is 12.5. The molecule has 0 radical (unpaired) electrons. The van der Waals surface area contributed by atoms with Gasteiger partial charge in [-0.2, -0.15) is 0 Å². The first-order chi connectivity index (χ1) is 8.00. The summed E-state index contributed by atoms with van der Waals surface area (Å²) >= 11 is 12.5. The van der Waals surface area contributed by atoms with Gasteiger partial charge in [0.2, 0.25) is 0 Å². The molecule has 0 spiro atoms. The summed E-state index contributed by atoms with van der Waals surface area (Å²) in [5.74, 6) is -2.95. The van der Waals surface area contributed by atoms with Gasteiger partial charge in [0.05, 0.1) is 15.5 Å². The van der Waals surface area contributed by atoms with Crippen molar-refractivity contribution in [1.29, 1.82) is 0 Å². The molecule has 1 aromatic carbocycles. The molecule has 0 aliphatic rings. The highest BCUT2D eigenvalue weighted by atomic mass is 35.5. The molecule has 1 nitrogen and oxygen atoms in total. The largest absolute Gasteiger partial charge is 0.288 e. The van der Waals surface area contributed by atoms with Gasteiger partial charge in [-0.15, -0.1) is 11.3 Å². The fraction of sp³-hybridized carbons (Fsp3) is 0. The minimum Gasteiger partial charge on any atom is -0.288 e. The molecule has 0 bridgehead atoms. The fourth-order valence-electron chi connectivity index (χ4n) is 1.32. The van der Waals surface area contributed by atoms with E-state index >= 15 is 0 Å². The number of hydrogen-bond donors (Lipinski definition) is 0. The number of carbonyl (C=O) groups is 1. The lowest BCUT2D eigenvalue weighted by atomic mass is 10.1. The second-order valence-electron chi connectivity index (χ2n) is 3.17. The number of ketones is 1. The molecule has 1 heterocycles. The van der Waals surface area contributed by atoms with Gasteiger partial charge < -0.3 is 0 Å². The minimum absolute atomic E-state index is 0.0752. The molecule has 2 rings (SSSR count). The van der Waals surface area contributed by atoms with Gasteiger partial charge in [-0.05, 0) is 18.2 Å². The molecule has 0 atom stereocenters. The number of benzene rings is 1. The quantitative estimate of drug-likeness (QED) is 0.742. The molecular weight excluding hydrogens is 289 g/mol. The molecule has 88 valence electrons. The van der Waals surface area contributed by atoms with Gasteiger partial charge in [0.25, 0.3) is 0 Å². The predicted molar refractivity (Wildman–Crippen MR) is 64.1 cm³/mol. The molecule has 0 aliphatic heterocycles. The summed E-state index contributed by atoms with van der Waals surface area (Å²) in [7, 11) is 0. The maximum Gasteiger partial charge on any atom is 0.198 e. The number of halogens is 4. The first-order valence-electron chi connectivity index (χ1n) is 4.44. The van der Waals surface area contributed by atoms with Crippen LogP contribution in [-0.4, -0.2) is 5.78 Å². The SMILES string of the molecule is O=C(c1cc(Cl)sc1Cl)c1cccc(F)c1F. The lowest BCUT2D eigenvalue weighted by Gasteiger charge is -2.01. The summed E-state index contributed by atoms with van der Waals surface area (Å²) in [5.41, 5.74) is -0.285. The van der Waals surface area contributed by atoms with E-state index in [4.69, 9.17) is 23.2 Å². The summed E-state index contributed by atoms with van der Waals surface area (Å²) in [5, 5.41) is 0. The van der Waals surface area contributed by atoms with Crippen LogP contribution in [0.5, 0.6) is 0 Å². The van der Waals surface area contributed by atoms with Crippen molar-refractivity contribution in [3.63, 3.8) is 0 Å². The zero-order valence-corrected chi connectivity index (χ0v) is 10.5. The van der Waals surface area contributed by atoms with Gasteiger partial charge in [-0.3, -0.25) is 4.79 Å². The van der Waals surface area contributed by atoms with Crippen LogP contribution in [0, 0.1) is 11.6 Å². The van der Waals surface area contributed by atoms with E-state index in [1.54, 1.807) is 0 Å². The van der Waals surface area contributed by atoms with E-state index in [1.807, 2.05) is 0 Å². The Bertz CT molecular complexity index is 595. The zero-order chi connectivity index (χ0) is 12.6. The van der Waals surface area contributed by atoms with Crippen molar-refractivity contribution in [3.05, 3.63) is 55.7 Å². The molecule has 0 unspecified atom stereocenters. The summed E-state index contributed by atoms with van der Waals surface area (Å²) in [6, 6.07) is 4.73. The third-order valence-electron chi connectivity index (χ3n) is 2.10. The van der Waals surface area contributed by atoms with Crippen LogP contribution in [0.2, 0.25) is 8.67 Å². The van der Waals surface area contributed by atoms with Crippen molar-refractivity contribution in [2.75, 3.05) is 0 Å². The van der Waals surface area contributed by atoms with E-state index < -0.39 is 17.4 Å². The lowest BCUT2D eigenvalue weighted by molar-refractivity contribution is 0.103. The van der Waals surface area contributed by atoms with Crippen LogP contribution in [0.4, 0.5) is 8.78 Å². The van der Waals surface area contributed by atoms with Gasteiger partial charge in [0.1, 0.15) is 4.34 Å². The Balaban J connectivity index is 2.51. The Morgan fingerprint density at radius 3 is 2.47 bits per heavy atom. The Morgan fingerprint density at radius 1 is 1.18 bits per heavy atom. The second kappa shape index (κ2) is 4.72. The highest BCUT2D eigenvalue weighted by molar-refractivity contribution is 7.20. The highest BCUT2D eigenvalue weighted by Crippen LogP contribution is 2.33. The van der Waals surface area contributed by atoms with Crippen LogP contribution < -0.4 is 0 Å². The van der Waals surface area contributed by atoms with Crippen LogP contribution in [0.1, 0.15) is 15.9 Å². The minimum atomic E-state index is -1.18. The van der Waals surface area contributed by atoms with Crippen LogP contribution in [0.25, 0.3) is 0 Å². The first-order valence-corrected chi connectivity index (χ1v) is 6.01. The van der Waals surface area contributed by atoms with E-state index in [0.29, 0.717) is 4.34 Å². The molecule has 2 aromatic rings. The number of thiophene rings is 1. The van der Waals surface area contributed by atoms with Crippen LogP contribution in [0.15, 0.2) is 24.3 Å². The smallest absolute Gasteiger partial charge is 0.198 e. The topological polar surface area (TPSA) is 17.1 Å². The summed E-state index contributed by atoms with van der Waals surface area (Å²) in [6.07, 6.45) is 0. The van der Waals surface area contributed by atoms with Crippen LogP contribution in [-0.2, 0) is 0 Å². The molecule has 0 saturated carbocycles. The van der Waals surface area contributed by atoms with Crippen molar-refractivity contribution in [1.82, 2.24) is 0 Å². The van der Waals surface area contributed by atoms with Crippen molar-refractivity contribution < 1.29 is 13.6 Å². The van der Waals surface area contributed by atoms with E-state index in [1.165, 1.54) is 18.2 Å². The van der Waals surface area contributed by atoms with Crippen molar-refractivity contribution >= 4 is 40.3 Å². The standard InChI is InChI=1S/C11H4Cl2F2OS/c12-8-4-6(11(13)17-8)10(16)5-2-1-3-7(14)9(5)15/h1-4H. The molecule has 1 aromatic heterocycles. The lowest BCUT2D eigenvalue weighted by Crippen LogP contribution is -2.05. The molecule has 17 heavy (non-hydrogen) atoms. The van der Waals surface area contributed by atoms with Crippen LogP contribution >= 0.6 is 34.5 Å². The highest BCUT2D eigenvalue weighted by Gasteiger charge is 2.20. The Morgan fingerprint density at radius 2 is 1.88 bits per heavy atom. The average Bonchev–Trinajstić information content (AvgIpc) is 2.61. The van der Waals surface area contributed by atoms with Crippen LogP contribution in [0.3, 0.4) is 0 Å². The van der Waals surface area contributed by atoms with E-state index in [-0.39, 0.29) is 15.5 Å². The normalized spacial score (nSPS) is 10.6. The monoisotopic (exact) mass is 292 g/mol. The molecule has 0 N–H and O–H groups in total. The van der Waals surface area contributed by atoms with E-state index in [2.05, 4.69) is 0 Å². The third kappa shape index (κ3) is 2.34. The number of carbonyl (C=O) groups excluding carboxylic acids is 1. The van der Waals surface area contributed by atoms with Gasteiger partial charge in [-0.25, -0.2) is 8.78 Å². The van der Waals surface area contributed by atoms with E-state index in [0.717, 1.165) is 17.4 Å². The average molecular weight is 293 g/mol. The molecule has 6 heteroatoms.